The molecule has 0 aromatic carbocycles. The Morgan fingerprint density at radius 2 is 1.78 bits per heavy atom. The number of hydrogen-bond donors (Lipinski definition) is 1. The van der Waals surface area contributed by atoms with Gasteiger partial charge in [0.25, 0.3) is 0 Å². The standard InChI is InChI=1S/C2HCl3O3.ClH/c3-2(4,5)8-1(6)7;/h(H,6,7);1H. The van der Waals surface area contributed by atoms with Crippen molar-refractivity contribution >= 4 is 53.4 Å². The molecule has 0 aliphatic rings. The Balaban J connectivity index is 0. The fourth-order valence-corrected chi connectivity index (χ4v) is 0.297. The van der Waals surface area contributed by atoms with Crippen LogP contribution in [0.25, 0.3) is 0 Å². The van der Waals surface area contributed by atoms with Gasteiger partial charge in [0.1, 0.15) is 0 Å². The molecule has 0 spiro atoms. The van der Waals surface area contributed by atoms with E-state index in [-0.39, 0.29) is 12.4 Å². The summed E-state index contributed by atoms with van der Waals surface area (Å²) in [5.74, 6) is 0. The summed E-state index contributed by atoms with van der Waals surface area (Å²) in [6.45, 7) is 0. The van der Waals surface area contributed by atoms with Crippen LogP contribution in [0.2, 0.25) is 0 Å². The van der Waals surface area contributed by atoms with Gasteiger partial charge in [-0.15, -0.1) is 12.4 Å². The normalized spacial score (nSPS) is 9.67. The highest BCUT2D eigenvalue weighted by atomic mass is 35.6. The average Bonchev–Trinajstić information content (AvgIpc) is 1.21. The van der Waals surface area contributed by atoms with Crippen molar-refractivity contribution in [2.75, 3.05) is 0 Å². The van der Waals surface area contributed by atoms with Crippen molar-refractivity contribution < 1.29 is 14.6 Å². The molecule has 56 valence electrons. The fraction of sp³-hybridized carbons (Fsp3) is 0.500. The smallest absolute Gasteiger partial charge is 0.450 e. The summed E-state index contributed by atoms with van der Waals surface area (Å²) < 4.78 is 1.49. The molecule has 0 rings (SSSR count). The van der Waals surface area contributed by atoms with Gasteiger partial charge in [-0.05, 0) is 34.8 Å². The number of rotatable bonds is 0. The molecule has 0 saturated heterocycles. The molecule has 0 aromatic heterocycles. The maximum atomic E-state index is 9.54. The van der Waals surface area contributed by atoms with E-state index in [4.69, 9.17) is 39.9 Å². The van der Waals surface area contributed by atoms with Crippen molar-refractivity contribution in [3.8, 4) is 0 Å². The quantitative estimate of drug-likeness (QED) is 0.499. The van der Waals surface area contributed by atoms with Gasteiger partial charge in [0, 0.05) is 0 Å². The largest absolute Gasteiger partial charge is 0.509 e. The highest BCUT2D eigenvalue weighted by molar-refractivity contribution is 6.66. The van der Waals surface area contributed by atoms with Crippen LogP contribution in [0, 0.1) is 0 Å². The first-order valence-corrected chi connectivity index (χ1v) is 2.54. The third-order valence-corrected chi connectivity index (χ3v) is 0.434. The van der Waals surface area contributed by atoms with Gasteiger partial charge in [0.15, 0.2) is 0 Å². The Hall–Kier alpha value is 0.430. The topological polar surface area (TPSA) is 46.5 Å². The summed E-state index contributed by atoms with van der Waals surface area (Å²) >= 11 is 14.6. The molecule has 0 atom stereocenters. The van der Waals surface area contributed by atoms with E-state index in [0.29, 0.717) is 0 Å². The first-order valence-electron chi connectivity index (χ1n) is 1.40. The zero-order valence-corrected chi connectivity index (χ0v) is 6.89. The summed E-state index contributed by atoms with van der Waals surface area (Å²) in [6.07, 6.45) is -1.62. The molecule has 0 aliphatic heterocycles. The van der Waals surface area contributed by atoms with Crippen molar-refractivity contribution in [3.05, 3.63) is 0 Å². The molecule has 0 amide bonds. The molecular formula is C2H2Cl4O3. The number of halogens is 4. The molecule has 0 bridgehead atoms. The summed E-state index contributed by atoms with van der Waals surface area (Å²) in [5, 5.41) is 7.77. The van der Waals surface area contributed by atoms with Gasteiger partial charge >= 0.3 is 10.1 Å². The Morgan fingerprint density at radius 1 is 1.44 bits per heavy atom. The van der Waals surface area contributed by atoms with Crippen LogP contribution in [0.5, 0.6) is 0 Å². The maximum Gasteiger partial charge on any atom is 0.509 e. The zero-order chi connectivity index (χ0) is 6.78. The van der Waals surface area contributed by atoms with Crippen molar-refractivity contribution in [1.29, 1.82) is 0 Å². The summed E-state index contributed by atoms with van der Waals surface area (Å²) in [4.78, 5) is 9.54. The zero-order valence-electron chi connectivity index (χ0n) is 3.81. The van der Waals surface area contributed by atoms with Crippen molar-refractivity contribution in [3.63, 3.8) is 0 Å². The fourth-order valence-electron chi connectivity index (χ4n) is 0.0990. The molecular weight excluding hydrogens is 214 g/mol. The number of ether oxygens (including phenoxy) is 1. The lowest BCUT2D eigenvalue weighted by molar-refractivity contribution is 0.0893. The van der Waals surface area contributed by atoms with E-state index >= 15 is 0 Å². The number of hydrogen-bond acceptors (Lipinski definition) is 2. The van der Waals surface area contributed by atoms with Crippen LogP contribution in [0.15, 0.2) is 0 Å². The van der Waals surface area contributed by atoms with Crippen LogP contribution in [0.1, 0.15) is 0 Å². The number of alkyl halides is 3. The molecule has 0 unspecified atom stereocenters. The third-order valence-electron chi connectivity index (χ3n) is 0.203. The van der Waals surface area contributed by atoms with E-state index in [1.807, 2.05) is 0 Å². The second-order valence-electron chi connectivity index (χ2n) is 0.814. The SMILES string of the molecule is Cl.O=C(O)OC(Cl)(Cl)Cl. The highest BCUT2D eigenvalue weighted by Gasteiger charge is 2.24. The lowest BCUT2D eigenvalue weighted by Gasteiger charge is -2.06. The average molecular weight is 216 g/mol. The molecule has 0 saturated carbocycles. The van der Waals surface area contributed by atoms with Gasteiger partial charge in [-0.2, -0.15) is 0 Å². The van der Waals surface area contributed by atoms with Crippen molar-refractivity contribution in [2.45, 2.75) is 3.98 Å². The van der Waals surface area contributed by atoms with Crippen molar-refractivity contribution in [1.82, 2.24) is 0 Å². The van der Waals surface area contributed by atoms with Gasteiger partial charge in [-0.25, -0.2) is 4.79 Å². The predicted octanol–water partition coefficient (Wildman–Crippen LogP) is 2.43. The molecule has 7 heteroatoms. The molecule has 0 aliphatic carbocycles. The van der Waals surface area contributed by atoms with Crippen LogP contribution in [0.3, 0.4) is 0 Å². The first-order chi connectivity index (χ1) is 3.42. The second-order valence-corrected chi connectivity index (χ2v) is 2.99. The van der Waals surface area contributed by atoms with E-state index in [2.05, 4.69) is 4.74 Å². The van der Waals surface area contributed by atoms with Gasteiger partial charge in [0.2, 0.25) is 0 Å². The maximum absolute atomic E-state index is 9.54. The van der Waals surface area contributed by atoms with Crippen molar-refractivity contribution in [2.24, 2.45) is 0 Å². The first kappa shape index (κ1) is 12.1. The molecule has 0 radical (unpaired) electrons. The summed E-state index contributed by atoms with van der Waals surface area (Å²) in [7, 11) is 0. The van der Waals surface area contributed by atoms with Gasteiger partial charge < -0.3 is 9.84 Å². The summed E-state index contributed by atoms with van der Waals surface area (Å²) in [5.41, 5.74) is 0. The van der Waals surface area contributed by atoms with Crippen LogP contribution >= 0.6 is 47.2 Å². The second kappa shape index (κ2) is 4.28. The van der Waals surface area contributed by atoms with E-state index in [1.54, 1.807) is 0 Å². The minimum absolute atomic E-state index is 0. The lowest BCUT2D eigenvalue weighted by Crippen LogP contribution is -2.13. The van der Waals surface area contributed by atoms with Gasteiger partial charge in [-0.3, -0.25) is 0 Å². The Labute approximate surface area is 72.2 Å². The van der Waals surface area contributed by atoms with E-state index < -0.39 is 10.1 Å². The van der Waals surface area contributed by atoms with Gasteiger partial charge in [-0.1, -0.05) is 0 Å². The van der Waals surface area contributed by atoms with Crippen LogP contribution < -0.4 is 0 Å². The molecule has 0 fully saturated rings. The Bertz CT molecular complexity index is 96.5. The molecule has 0 heterocycles. The molecule has 3 nitrogen and oxygen atoms in total. The van der Waals surface area contributed by atoms with Crippen LogP contribution in [-0.2, 0) is 4.74 Å². The van der Waals surface area contributed by atoms with Crippen LogP contribution in [-0.4, -0.2) is 15.2 Å². The number of carboxylic acid groups (broad SMARTS) is 1. The Morgan fingerprint density at radius 3 is 1.78 bits per heavy atom. The lowest BCUT2D eigenvalue weighted by atomic mass is 11.3. The molecule has 9 heavy (non-hydrogen) atoms. The predicted molar refractivity (Wildman–Crippen MR) is 36.6 cm³/mol. The highest BCUT2D eigenvalue weighted by Crippen LogP contribution is 2.26. The minimum atomic E-state index is -2.16. The third kappa shape index (κ3) is 11.8. The minimum Gasteiger partial charge on any atom is -0.450 e. The van der Waals surface area contributed by atoms with Gasteiger partial charge in [0.05, 0.1) is 0 Å². The monoisotopic (exact) mass is 214 g/mol. The van der Waals surface area contributed by atoms with E-state index in [9.17, 15) is 4.79 Å². The molecule has 0 aromatic rings. The van der Waals surface area contributed by atoms with E-state index in [0.717, 1.165) is 0 Å². The number of carbonyl (C=O) groups is 1. The summed E-state index contributed by atoms with van der Waals surface area (Å²) in [6, 6.07) is 0. The van der Waals surface area contributed by atoms with Crippen LogP contribution in [0.4, 0.5) is 4.79 Å². The molecule has 1 N–H and O–H groups in total. The van der Waals surface area contributed by atoms with E-state index in [1.165, 1.54) is 0 Å². The Kier molecular flexibility index (Phi) is 5.77.